The lowest BCUT2D eigenvalue weighted by atomic mass is 10.0. The molecule has 4 heteroatoms. The fourth-order valence-corrected chi connectivity index (χ4v) is 2.74. The molecule has 0 aliphatic heterocycles. The number of pyridine rings is 1. The molecule has 1 N–H and O–H groups in total. The predicted octanol–water partition coefficient (Wildman–Crippen LogP) is 4.14. The van der Waals surface area contributed by atoms with E-state index in [1.54, 1.807) is 18.1 Å². The molecule has 0 aliphatic carbocycles. The summed E-state index contributed by atoms with van der Waals surface area (Å²) in [7, 11) is 1.79. The highest BCUT2D eigenvalue weighted by Crippen LogP contribution is 2.19. The van der Waals surface area contributed by atoms with E-state index < -0.39 is 0 Å². The molecule has 0 spiro atoms. The van der Waals surface area contributed by atoms with Crippen LogP contribution in [0.3, 0.4) is 0 Å². The summed E-state index contributed by atoms with van der Waals surface area (Å²) >= 11 is 0. The van der Waals surface area contributed by atoms with Gasteiger partial charge in [0.2, 0.25) is 0 Å². The van der Waals surface area contributed by atoms with Crippen molar-refractivity contribution >= 4 is 16.8 Å². The van der Waals surface area contributed by atoms with Crippen LogP contribution in [0, 0.1) is 0 Å². The van der Waals surface area contributed by atoms with Crippen molar-refractivity contribution in [2.45, 2.75) is 19.5 Å². The van der Waals surface area contributed by atoms with Crippen LogP contribution in [0.2, 0.25) is 0 Å². The van der Waals surface area contributed by atoms with Crippen LogP contribution in [-0.2, 0) is 6.54 Å². The lowest BCUT2D eigenvalue weighted by Gasteiger charge is -2.25. The molecule has 4 nitrogen and oxygen atoms in total. The number of rotatable bonds is 4. The molecule has 1 unspecified atom stereocenters. The number of carbonyl (C=O) groups is 1. The molecular formula is C20H21N3O. The third-order valence-corrected chi connectivity index (χ3v) is 4.33. The zero-order valence-corrected chi connectivity index (χ0v) is 13.9. The highest BCUT2D eigenvalue weighted by Gasteiger charge is 2.18. The normalized spacial score (nSPS) is 11.9. The molecule has 24 heavy (non-hydrogen) atoms. The first kappa shape index (κ1) is 16.0. The maximum Gasteiger partial charge on any atom is 0.317 e. The van der Waals surface area contributed by atoms with E-state index in [0.717, 1.165) is 11.3 Å². The Labute approximate surface area is 142 Å². The monoisotopic (exact) mass is 319 g/mol. The van der Waals surface area contributed by atoms with Gasteiger partial charge in [-0.05, 0) is 35.4 Å². The molecule has 2 amide bonds. The average Bonchev–Trinajstić information content (AvgIpc) is 2.65. The van der Waals surface area contributed by atoms with Gasteiger partial charge in [-0.1, -0.05) is 48.5 Å². The number of hydrogen-bond acceptors (Lipinski definition) is 2. The first-order valence-corrected chi connectivity index (χ1v) is 8.05. The van der Waals surface area contributed by atoms with Gasteiger partial charge in [0.25, 0.3) is 0 Å². The Morgan fingerprint density at radius 1 is 1.08 bits per heavy atom. The fourth-order valence-electron chi connectivity index (χ4n) is 2.74. The van der Waals surface area contributed by atoms with E-state index in [0.29, 0.717) is 6.54 Å². The van der Waals surface area contributed by atoms with Crippen LogP contribution in [0.15, 0.2) is 66.9 Å². The second-order valence-electron chi connectivity index (χ2n) is 5.84. The number of hydrogen-bond donors (Lipinski definition) is 1. The van der Waals surface area contributed by atoms with E-state index in [1.807, 2.05) is 49.4 Å². The quantitative estimate of drug-likeness (QED) is 0.785. The van der Waals surface area contributed by atoms with Crippen molar-refractivity contribution in [1.29, 1.82) is 0 Å². The zero-order valence-electron chi connectivity index (χ0n) is 13.9. The van der Waals surface area contributed by atoms with E-state index in [4.69, 9.17) is 0 Å². The van der Waals surface area contributed by atoms with Gasteiger partial charge in [0.05, 0.1) is 11.7 Å². The van der Waals surface area contributed by atoms with Crippen LogP contribution in [0.25, 0.3) is 10.8 Å². The molecule has 1 heterocycles. The topological polar surface area (TPSA) is 45.2 Å². The van der Waals surface area contributed by atoms with E-state index in [-0.39, 0.29) is 12.1 Å². The second kappa shape index (κ2) is 7.13. The van der Waals surface area contributed by atoms with E-state index in [9.17, 15) is 4.79 Å². The Hall–Kier alpha value is -2.88. The molecular weight excluding hydrogens is 298 g/mol. The minimum absolute atomic E-state index is 0.0845. The average molecular weight is 319 g/mol. The first-order chi connectivity index (χ1) is 11.7. The summed E-state index contributed by atoms with van der Waals surface area (Å²) in [6.07, 6.45) is 1.74. The third-order valence-electron chi connectivity index (χ3n) is 4.33. The van der Waals surface area contributed by atoms with Crippen molar-refractivity contribution in [2.75, 3.05) is 7.05 Å². The standard InChI is InChI=1S/C20H21N3O/c1-15(19-12-5-6-13-21-19)23(2)20(24)22-14-17-10-7-9-16-8-3-4-11-18(16)17/h3-13,15H,14H2,1-2H3,(H,22,24). The number of carbonyl (C=O) groups excluding carboxylic acids is 1. The van der Waals surface area contributed by atoms with Crippen molar-refractivity contribution in [3.63, 3.8) is 0 Å². The zero-order chi connectivity index (χ0) is 16.9. The maximum absolute atomic E-state index is 12.5. The molecule has 0 radical (unpaired) electrons. The summed E-state index contributed by atoms with van der Waals surface area (Å²) in [4.78, 5) is 18.4. The van der Waals surface area contributed by atoms with Crippen molar-refractivity contribution < 1.29 is 4.79 Å². The Balaban J connectivity index is 1.68. The minimum atomic E-state index is -0.110. The molecule has 3 aromatic rings. The number of amides is 2. The second-order valence-corrected chi connectivity index (χ2v) is 5.84. The van der Waals surface area contributed by atoms with E-state index in [2.05, 4.69) is 28.5 Å². The number of nitrogens with zero attached hydrogens (tertiary/aromatic N) is 2. The number of benzene rings is 2. The summed E-state index contributed by atoms with van der Waals surface area (Å²) in [5.74, 6) is 0. The molecule has 3 rings (SSSR count). The number of fused-ring (bicyclic) bond motifs is 1. The molecule has 0 saturated heterocycles. The van der Waals surface area contributed by atoms with Gasteiger partial charge in [-0.15, -0.1) is 0 Å². The SMILES string of the molecule is CC(c1ccccn1)N(C)C(=O)NCc1cccc2ccccc12. The van der Waals surface area contributed by atoms with Gasteiger partial charge >= 0.3 is 6.03 Å². The van der Waals surface area contributed by atoms with E-state index >= 15 is 0 Å². The van der Waals surface area contributed by atoms with Crippen molar-refractivity contribution in [3.05, 3.63) is 78.1 Å². The molecule has 1 atom stereocenters. The Bertz CT molecular complexity index is 827. The Kier molecular flexibility index (Phi) is 4.75. The van der Waals surface area contributed by atoms with Crippen molar-refractivity contribution in [2.24, 2.45) is 0 Å². The molecule has 0 bridgehead atoms. The molecule has 1 aromatic heterocycles. The van der Waals surface area contributed by atoms with Crippen LogP contribution in [0.1, 0.15) is 24.2 Å². The highest BCUT2D eigenvalue weighted by atomic mass is 16.2. The van der Waals surface area contributed by atoms with Gasteiger partial charge in [-0.3, -0.25) is 4.98 Å². The van der Waals surface area contributed by atoms with Crippen LogP contribution in [-0.4, -0.2) is 23.0 Å². The smallest absolute Gasteiger partial charge is 0.317 e. The van der Waals surface area contributed by atoms with Gasteiger partial charge in [0.1, 0.15) is 0 Å². The Morgan fingerprint density at radius 2 is 1.83 bits per heavy atom. The lowest BCUT2D eigenvalue weighted by molar-refractivity contribution is 0.193. The first-order valence-electron chi connectivity index (χ1n) is 8.05. The molecule has 122 valence electrons. The summed E-state index contributed by atoms with van der Waals surface area (Å²) in [5.41, 5.74) is 1.99. The van der Waals surface area contributed by atoms with Crippen LogP contribution >= 0.6 is 0 Å². The fraction of sp³-hybridized carbons (Fsp3) is 0.200. The van der Waals surface area contributed by atoms with Gasteiger partial charge in [0.15, 0.2) is 0 Å². The van der Waals surface area contributed by atoms with Crippen LogP contribution in [0.5, 0.6) is 0 Å². The van der Waals surface area contributed by atoms with Gasteiger partial charge in [-0.25, -0.2) is 4.79 Å². The maximum atomic E-state index is 12.5. The summed E-state index contributed by atoms with van der Waals surface area (Å²) in [6.45, 7) is 2.47. The lowest BCUT2D eigenvalue weighted by Crippen LogP contribution is -2.38. The molecule has 0 fully saturated rings. The summed E-state index contributed by atoms with van der Waals surface area (Å²) < 4.78 is 0. The number of aromatic nitrogens is 1. The predicted molar refractivity (Wildman–Crippen MR) is 96.6 cm³/mol. The number of urea groups is 1. The number of nitrogens with one attached hydrogen (secondary N) is 1. The highest BCUT2D eigenvalue weighted by molar-refractivity contribution is 5.86. The van der Waals surface area contributed by atoms with Gasteiger partial charge < -0.3 is 10.2 Å². The molecule has 0 saturated carbocycles. The summed E-state index contributed by atoms with van der Waals surface area (Å²) in [5, 5.41) is 5.35. The van der Waals surface area contributed by atoms with Gasteiger partial charge in [-0.2, -0.15) is 0 Å². The largest absolute Gasteiger partial charge is 0.334 e. The Morgan fingerprint density at radius 3 is 2.62 bits per heavy atom. The van der Waals surface area contributed by atoms with Crippen molar-refractivity contribution in [1.82, 2.24) is 15.2 Å². The van der Waals surface area contributed by atoms with Crippen LogP contribution < -0.4 is 5.32 Å². The van der Waals surface area contributed by atoms with E-state index in [1.165, 1.54) is 10.8 Å². The third kappa shape index (κ3) is 3.38. The van der Waals surface area contributed by atoms with Crippen molar-refractivity contribution in [3.8, 4) is 0 Å². The van der Waals surface area contributed by atoms with Crippen LogP contribution in [0.4, 0.5) is 4.79 Å². The molecule has 2 aromatic carbocycles. The molecule has 0 aliphatic rings. The minimum Gasteiger partial charge on any atom is -0.334 e. The summed E-state index contributed by atoms with van der Waals surface area (Å²) in [6, 6.07) is 19.9. The van der Waals surface area contributed by atoms with Gasteiger partial charge in [0, 0.05) is 19.8 Å².